The van der Waals surface area contributed by atoms with Gasteiger partial charge in [-0.25, -0.2) is 9.59 Å². The average Bonchev–Trinajstić information content (AvgIpc) is 3.43. The van der Waals surface area contributed by atoms with Crippen LogP contribution in [0.5, 0.6) is 11.5 Å². The van der Waals surface area contributed by atoms with E-state index in [2.05, 4.69) is 32.5 Å². The summed E-state index contributed by atoms with van der Waals surface area (Å²) in [5.74, 6) is -3.63. The lowest BCUT2D eigenvalue weighted by atomic mass is 9.93. The first-order chi connectivity index (χ1) is 19.4. The summed E-state index contributed by atoms with van der Waals surface area (Å²) in [4.78, 5) is 53.8. The Labute approximate surface area is 227 Å². The summed E-state index contributed by atoms with van der Waals surface area (Å²) >= 11 is 0. The Morgan fingerprint density at radius 3 is 2.42 bits per heavy atom. The number of carbonyl (C=O) groups is 3. The molecule has 3 heterocycles. The highest BCUT2D eigenvalue weighted by molar-refractivity contribution is 5.97. The lowest BCUT2D eigenvalue weighted by molar-refractivity contribution is -0.385. The van der Waals surface area contributed by atoms with E-state index in [4.69, 9.17) is 14.0 Å². The summed E-state index contributed by atoms with van der Waals surface area (Å²) in [7, 11) is 0. The third-order valence-electron chi connectivity index (χ3n) is 6.70. The van der Waals surface area contributed by atoms with Crippen LogP contribution in [-0.4, -0.2) is 57.4 Å². The van der Waals surface area contributed by atoms with Gasteiger partial charge in [0.15, 0.2) is 5.75 Å². The Morgan fingerprint density at radius 1 is 1.02 bits per heavy atom. The first-order valence-corrected chi connectivity index (χ1v) is 12.7. The summed E-state index contributed by atoms with van der Waals surface area (Å²) in [6, 6.07) is 12.6. The molecule has 5 rings (SSSR count). The van der Waals surface area contributed by atoms with E-state index in [1.165, 1.54) is 11.6 Å². The predicted molar refractivity (Wildman–Crippen MR) is 138 cm³/mol. The van der Waals surface area contributed by atoms with Gasteiger partial charge >= 0.3 is 29.4 Å². The van der Waals surface area contributed by atoms with Gasteiger partial charge in [0.2, 0.25) is 5.82 Å². The number of hydrogen-bond donors (Lipinski definition) is 1. The number of ether oxygens (including phenoxy) is 2. The van der Waals surface area contributed by atoms with Gasteiger partial charge in [0.05, 0.1) is 10.5 Å². The molecule has 1 fully saturated rings. The zero-order valence-corrected chi connectivity index (χ0v) is 21.3. The average molecular weight is 548 g/mol. The van der Waals surface area contributed by atoms with Gasteiger partial charge in [0.1, 0.15) is 0 Å². The van der Waals surface area contributed by atoms with Gasteiger partial charge in [0, 0.05) is 31.3 Å². The Bertz CT molecular complexity index is 1460. The predicted octanol–water partition coefficient (Wildman–Crippen LogP) is 3.06. The van der Waals surface area contributed by atoms with Crippen molar-refractivity contribution in [1.29, 1.82) is 0 Å². The highest BCUT2D eigenvalue weighted by Crippen LogP contribution is 2.44. The number of aromatic nitrogens is 2. The normalized spacial score (nSPS) is 16.7. The van der Waals surface area contributed by atoms with Crippen molar-refractivity contribution in [2.75, 3.05) is 19.6 Å². The van der Waals surface area contributed by atoms with Crippen LogP contribution in [-0.2, 0) is 16.1 Å². The van der Waals surface area contributed by atoms with Crippen LogP contribution in [0, 0.1) is 16.0 Å². The minimum absolute atomic E-state index is 0.0397. The van der Waals surface area contributed by atoms with E-state index < -0.39 is 40.0 Å². The fourth-order valence-electron chi connectivity index (χ4n) is 4.64. The largest absolute Gasteiger partial charge is 0.418 e. The quantitative estimate of drug-likeness (QED) is 0.190. The molecular weight excluding hydrogens is 522 g/mol. The smallest absolute Gasteiger partial charge is 0.336 e. The van der Waals surface area contributed by atoms with E-state index in [0.29, 0.717) is 12.5 Å². The summed E-state index contributed by atoms with van der Waals surface area (Å²) in [6.45, 7) is 3.35. The lowest BCUT2D eigenvalue weighted by Crippen LogP contribution is -2.34. The maximum Gasteiger partial charge on any atom is 0.336 e. The van der Waals surface area contributed by atoms with Crippen LogP contribution in [0.2, 0.25) is 0 Å². The number of nitrogens with zero attached hydrogens (tertiary/aromatic N) is 4. The van der Waals surface area contributed by atoms with Crippen molar-refractivity contribution in [2.24, 2.45) is 5.92 Å². The molecule has 1 N–H and O–H groups in total. The van der Waals surface area contributed by atoms with Gasteiger partial charge in [-0.15, -0.1) is 0 Å². The maximum absolute atomic E-state index is 12.6. The minimum atomic E-state index is -1.01. The number of nitrogens with one attached hydrogen (secondary N) is 1. The highest BCUT2D eigenvalue weighted by atomic mass is 16.6. The number of likely N-dealkylation sites (tertiary alicyclic amines) is 1. The number of amides is 1. The van der Waals surface area contributed by atoms with Crippen LogP contribution < -0.4 is 14.8 Å². The molecule has 40 heavy (non-hydrogen) atoms. The zero-order chi connectivity index (χ0) is 28.1. The monoisotopic (exact) mass is 547 g/mol. The molecule has 2 aliphatic rings. The number of hydrogen-bond acceptors (Lipinski definition) is 11. The highest BCUT2D eigenvalue weighted by Gasteiger charge is 2.31. The second-order valence-electron chi connectivity index (χ2n) is 9.40. The Balaban J connectivity index is 1.19. The van der Waals surface area contributed by atoms with Gasteiger partial charge in [-0.3, -0.25) is 19.8 Å². The molecule has 0 unspecified atom stereocenters. The molecule has 13 nitrogen and oxygen atoms in total. The van der Waals surface area contributed by atoms with Crippen molar-refractivity contribution >= 4 is 23.5 Å². The molecule has 2 aliphatic heterocycles. The number of benzene rings is 2. The number of carbonyl (C=O) groups excluding carboxylic acids is 3. The lowest BCUT2D eigenvalue weighted by Gasteiger charge is -2.32. The van der Waals surface area contributed by atoms with Crippen molar-refractivity contribution in [1.82, 2.24) is 20.4 Å². The Hall–Kier alpha value is -4.91. The van der Waals surface area contributed by atoms with Crippen molar-refractivity contribution in [3.05, 3.63) is 76.2 Å². The zero-order valence-electron chi connectivity index (χ0n) is 21.3. The van der Waals surface area contributed by atoms with E-state index >= 15 is 0 Å². The molecule has 0 radical (unpaired) electrons. The summed E-state index contributed by atoms with van der Waals surface area (Å²) < 4.78 is 15.3. The molecule has 1 aromatic heterocycles. The second-order valence-corrected chi connectivity index (χ2v) is 9.40. The molecule has 1 saturated heterocycles. The molecule has 0 bridgehead atoms. The van der Waals surface area contributed by atoms with Crippen molar-refractivity contribution < 1.29 is 33.3 Å². The molecule has 13 heteroatoms. The first-order valence-electron chi connectivity index (χ1n) is 12.7. The molecule has 2 aromatic carbocycles. The van der Waals surface area contributed by atoms with Gasteiger partial charge in [0.25, 0.3) is 5.75 Å². The molecule has 206 valence electrons. The number of piperidine rings is 1. The van der Waals surface area contributed by atoms with E-state index in [1.807, 2.05) is 18.2 Å². The van der Waals surface area contributed by atoms with Crippen LogP contribution in [0.1, 0.15) is 35.5 Å². The van der Waals surface area contributed by atoms with Crippen molar-refractivity contribution in [3.8, 4) is 22.9 Å². The van der Waals surface area contributed by atoms with Crippen molar-refractivity contribution in [3.63, 3.8) is 0 Å². The molecule has 0 spiro atoms. The van der Waals surface area contributed by atoms with E-state index in [-0.39, 0.29) is 17.3 Å². The maximum atomic E-state index is 12.6. The van der Waals surface area contributed by atoms with Gasteiger partial charge in [-0.1, -0.05) is 35.5 Å². The van der Waals surface area contributed by atoms with Crippen molar-refractivity contribution in [2.45, 2.75) is 25.8 Å². The summed E-state index contributed by atoms with van der Waals surface area (Å²) in [5.41, 5.74) is 0.646. The van der Waals surface area contributed by atoms with Crippen LogP contribution in [0.25, 0.3) is 11.4 Å². The number of rotatable bonds is 8. The third-order valence-corrected chi connectivity index (χ3v) is 6.70. The van der Waals surface area contributed by atoms with E-state index in [0.717, 1.165) is 57.1 Å². The molecule has 3 aromatic rings. The Kier molecular flexibility index (Phi) is 7.92. The molecular formula is C27H25N5O8. The minimum Gasteiger partial charge on any atom is -0.418 e. The second kappa shape index (κ2) is 11.9. The number of fused-ring (bicyclic) bond motifs is 1. The van der Waals surface area contributed by atoms with Gasteiger partial charge < -0.3 is 19.3 Å². The van der Waals surface area contributed by atoms with Gasteiger partial charge in [-0.2, -0.15) is 4.98 Å². The number of nitro benzene ring substituents is 1. The van der Waals surface area contributed by atoms with Crippen LogP contribution in [0.15, 0.2) is 59.1 Å². The number of esters is 2. The third kappa shape index (κ3) is 6.21. The van der Waals surface area contributed by atoms with Crippen LogP contribution >= 0.6 is 0 Å². The number of nitro groups is 1. The fourth-order valence-corrected chi connectivity index (χ4v) is 4.64. The van der Waals surface area contributed by atoms with E-state index in [9.17, 15) is 24.5 Å². The summed E-state index contributed by atoms with van der Waals surface area (Å²) in [6.07, 6.45) is 4.48. The van der Waals surface area contributed by atoms with Crippen LogP contribution in [0.4, 0.5) is 5.69 Å². The SMILES string of the molecule is O=C1/C=C/C(=O)Oc2c([N+](=O)[O-])ccc(-c3noc(C(=O)NCCC4CCN(Cc5ccccc5)CC4)n3)c2O1. The summed E-state index contributed by atoms with van der Waals surface area (Å²) in [5, 5.41) is 18.0. The van der Waals surface area contributed by atoms with Crippen LogP contribution in [0.3, 0.4) is 0 Å². The first kappa shape index (κ1) is 26.7. The topological polar surface area (TPSA) is 167 Å². The fraction of sp³-hybridized carbons (Fsp3) is 0.296. The molecule has 0 saturated carbocycles. The van der Waals surface area contributed by atoms with E-state index in [1.54, 1.807) is 0 Å². The molecule has 1 amide bonds. The molecule has 0 aliphatic carbocycles. The molecule has 0 atom stereocenters. The Morgan fingerprint density at radius 2 is 1.73 bits per heavy atom. The standard InChI is InChI=1S/C27H25N5O8/c33-21-8-9-22(34)39-24-20(32(36)37)7-6-19(23(24)38-21)25-29-27(40-30-25)26(35)28-13-10-17-11-14-31(15-12-17)16-18-4-2-1-3-5-18/h1-9,17H,10-16H2,(H,28,35)/b9-8+. The van der Waals surface area contributed by atoms with Gasteiger partial charge in [-0.05, 0) is 49.9 Å².